The van der Waals surface area contributed by atoms with Crippen LogP contribution in [0.2, 0.25) is 5.02 Å². The molecule has 1 fully saturated rings. The summed E-state index contributed by atoms with van der Waals surface area (Å²) in [6.07, 6.45) is 0. The Kier molecular flexibility index (Phi) is 4.87. The lowest BCUT2D eigenvalue weighted by atomic mass is 10.1. The number of carbonyl (C=O) groups excluding carboxylic acids is 2. The maximum Gasteiger partial charge on any atom is 0.261 e. The summed E-state index contributed by atoms with van der Waals surface area (Å²) in [5, 5.41) is 0.545. The van der Waals surface area contributed by atoms with Gasteiger partial charge in [0, 0.05) is 29.0 Å². The average Bonchev–Trinajstić information content (AvgIpc) is 2.55. The van der Waals surface area contributed by atoms with Crippen molar-refractivity contribution in [2.45, 2.75) is 26.8 Å². The Balaban J connectivity index is 1.87. The van der Waals surface area contributed by atoms with Crippen LogP contribution in [0.4, 0.5) is 5.69 Å². The van der Waals surface area contributed by atoms with E-state index in [1.165, 1.54) is 4.90 Å². The number of anilines is 1. The van der Waals surface area contributed by atoms with E-state index in [2.05, 4.69) is 4.98 Å². The molecule has 2 aromatic rings. The fraction of sp³-hybridized carbons (Fsp3) is 0.316. The van der Waals surface area contributed by atoms with Crippen molar-refractivity contribution in [2.24, 2.45) is 0 Å². The first kappa shape index (κ1) is 18.2. The molecule has 1 atom stereocenters. The summed E-state index contributed by atoms with van der Waals surface area (Å²) < 4.78 is 0. The van der Waals surface area contributed by atoms with Gasteiger partial charge in [-0.05, 0) is 50.6 Å². The summed E-state index contributed by atoms with van der Waals surface area (Å²) in [4.78, 5) is 43.5. The number of pyridine rings is 1. The molecular formula is C19H20ClN3O3. The molecule has 0 saturated carbocycles. The first-order valence-corrected chi connectivity index (χ1v) is 8.73. The topological polar surface area (TPSA) is 73.5 Å². The Morgan fingerprint density at radius 2 is 1.96 bits per heavy atom. The van der Waals surface area contributed by atoms with Crippen LogP contribution in [0.5, 0.6) is 0 Å². The van der Waals surface area contributed by atoms with Gasteiger partial charge in [0.25, 0.3) is 11.5 Å². The largest absolute Gasteiger partial charge is 0.326 e. The minimum Gasteiger partial charge on any atom is -0.326 e. The number of aryl methyl sites for hydroxylation is 2. The number of halogens is 1. The third kappa shape index (κ3) is 3.37. The van der Waals surface area contributed by atoms with Crippen LogP contribution in [0.1, 0.15) is 28.5 Å². The van der Waals surface area contributed by atoms with Crippen molar-refractivity contribution in [3.05, 3.63) is 62.5 Å². The monoisotopic (exact) mass is 373 g/mol. The van der Waals surface area contributed by atoms with Crippen LogP contribution < -0.4 is 10.5 Å². The number of nitrogens with zero attached hydrogens (tertiary/aromatic N) is 2. The highest BCUT2D eigenvalue weighted by atomic mass is 35.5. The Morgan fingerprint density at radius 3 is 2.62 bits per heavy atom. The van der Waals surface area contributed by atoms with Gasteiger partial charge in [-0.1, -0.05) is 17.7 Å². The van der Waals surface area contributed by atoms with E-state index in [1.54, 1.807) is 43.0 Å². The predicted octanol–water partition coefficient (Wildman–Crippen LogP) is 2.52. The molecule has 136 valence electrons. The standard InChI is InChI=1S/C19H20ClN3O3/c1-11-7-12(2)21-18(25)17(11)19(26)22-10-16(24)23(9-13(22)3)15-6-4-5-14(20)8-15/h4-8,13H,9-10H2,1-3H3,(H,21,25)/t13-/m1/s1. The zero-order valence-corrected chi connectivity index (χ0v) is 15.6. The van der Waals surface area contributed by atoms with E-state index in [9.17, 15) is 14.4 Å². The highest BCUT2D eigenvalue weighted by molar-refractivity contribution is 6.30. The van der Waals surface area contributed by atoms with E-state index in [4.69, 9.17) is 11.6 Å². The maximum atomic E-state index is 12.9. The van der Waals surface area contributed by atoms with E-state index in [0.29, 0.717) is 28.5 Å². The number of amides is 2. The summed E-state index contributed by atoms with van der Waals surface area (Å²) in [5.74, 6) is -0.629. The molecule has 0 radical (unpaired) electrons. The summed E-state index contributed by atoms with van der Waals surface area (Å²) in [6.45, 7) is 5.61. The Labute approximate surface area is 156 Å². The molecule has 2 amide bonds. The number of hydrogen-bond acceptors (Lipinski definition) is 3. The van der Waals surface area contributed by atoms with Gasteiger partial charge in [0.2, 0.25) is 5.91 Å². The third-order valence-corrected chi connectivity index (χ3v) is 4.78. The number of aromatic amines is 1. The molecule has 0 unspecified atom stereocenters. The second-order valence-electron chi connectivity index (χ2n) is 6.61. The highest BCUT2D eigenvalue weighted by Gasteiger charge is 2.35. The van der Waals surface area contributed by atoms with Gasteiger partial charge in [-0.3, -0.25) is 14.4 Å². The molecule has 1 aromatic carbocycles. The van der Waals surface area contributed by atoms with Crippen molar-refractivity contribution < 1.29 is 9.59 Å². The van der Waals surface area contributed by atoms with Gasteiger partial charge in [-0.15, -0.1) is 0 Å². The maximum absolute atomic E-state index is 12.9. The summed E-state index contributed by atoms with van der Waals surface area (Å²) in [5.41, 5.74) is 1.66. The van der Waals surface area contributed by atoms with Crippen LogP contribution in [0.25, 0.3) is 0 Å². The predicted molar refractivity (Wildman–Crippen MR) is 101 cm³/mol. The molecule has 6 nitrogen and oxygen atoms in total. The van der Waals surface area contributed by atoms with Gasteiger partial charge in [0.05, 0.1) is 0 Å². The van der Waals surface area contributed by atoms with Crippen LogP contribution in [-0.4, -0.2) is 40.8 Å². The molecule has 3 rings (SSSR count). The van der Waals surface area contributed by atoms with E-state index in [-0.39, 0.29) is 24.1 Å². The molecule has 1 aliphatic rings. The van der Waals surface area contributed by atoms with E-state index in [1.807, 2.05) is 13.0 Å². The van der Waals surface area contributed by atoms with Crippen LogP contribution >= 0.6 is 11.6 Å². The number of H-pyrrole nitrogens is 1. The number of piperazine rings is 1. The molecular weight excluding hydrogens is 354 g/mol. The number of hydrogen-bond donors (Lipinski definition) is 1. The molecule has 1 saturated heterocycles. The van der Waals surface area contributed by atoms with Crippen molar-refractivity contribution in [2.75, 3.05) is 18.0 Å². The fourth-order valence-electron chi connectivity index (χ4n) is 3.28. The lowest BCUT2D eigenvalue weighted by molar-refractivity contribution is -0.121. The van der Waals surface area contributed by atoms with Gasteiger partial charge in [0.15, 0.2) is 0 Å². The first-order chi connectivity index (χ1) is 12.3. The van der Waals surface area contributed by atoms with Gasteiger partial charge in [-0.25, -0.2) is 0 Å². The van der Waals surface area contributed by atoms with E-state index >= 15 is 0 Å². The molecule has 0 spiro atoms. The quantitative estimate of drug-likeness (QED) is 0.879. The zero-order valence-electron chi connectivity index (χ0n) is 14.9. The number of benzene rings is 1. The number of carbonyl (C=O) groups is 2. The fourth-order valence-corrected chi connectivity index (χ4v) is 3.46. The third-order valence-electron chi connectivity index (χ3n) is 4.55. The van der Waals surface area contributed by atoms with Crippen molar-refractivity contribution >= 4 is 29.1 Å². The summed E-state index contributed by atoms with van der Waals surface area (Å²) in [6, 6.07) is 8.57. The van der Waals surface area contributed by atoms with Crippen molar-refractivity contribution in [1.82, 2.24) is 9.88 Å². The molecule has 1 N–H and O–H groups in total. The number of aromatic nitrogens is 1. The molecule has 2 heterocycles. The van der Waals surface area contributed by atoms with Gasteiger partial charge >= 0.3 is 0 Å². The molecule has 1 aromatic heterocycles. The molecule has 0 bridgehead atoms. The lowest BCUT2D eigenvalue weighted by Crippen LogP contribution is -2.57. The normalized spacial score (nSPS) is 17.5. The minimum absolute atomic E-state index is 0.0841. The molecule has 0 aliphatic carbocycles. The van der Waals surface area contributed by atoms with Gasteiger partial charge in [-0.2, -0.15) is 0 Å². The molecule has 1 aliphatic heterocycles. The van der Waals surface area contributed by atoms with Crippen molar-refractivity contribution in [3.63, 3.8) is 0 Å². The van der Waals surface area contributed by atoms with Crippen LogP contribution in [0.3, 0.4) is 0 Å². The van der Waals surface area contributed by atoms with Crippen LogP contribution in [0.15, 0.2) is 35.1 Å². The zero-order chi connectivity index (χ0) is 19.0. The summed E-state index contributed by atoms with van der Waals surface area (Å²) in [7, 11) is 0. The Hall–Kier alpha value is -2.60. The smallest absolute Gasteiger partial charge is 0.261 e. The molecule has 26 heavy (non-hydrogen) atoms. The lowest BCUT2D eigenvalue weighted by Gasteiger charge is -2.39. The SMILES string of the molecule is Cc1cc(C)c(C(=O)N2CC(=O)N(c3cccc(Cl)c3)C[C@H]2C)c(=O)[nH]1. The van der Waals surface area contributed by atoms with E-state index < -0.39 is 11.5 Å². The van der Waals surface area contributed by atoms with Gasteiger partial charge in [0.1, 0.15) is 12.1 Å². The summed E-state index contributed by atoms with van der Waals surface area (Å²) >= 11 is 6.01. The van der Waals surface area contributed by atoms with Gasteiger partial charge < -0.3 is 14.8 Å². The van der Waals surface area contributed by atoms with Crippen molar-refractivity contribution in [1.29, 1.82) is 0 Å². The first-order valence-electron chi connectivity index (χ1n) is 8.35. The minimum atomic E-state index is -0.426. The highest BCUT2D eigenvalue weighted by Crippen LogP contribution is 2.24. The number of rotatable bonds is 2. The van der Waals surface area contributed by atoms with Crippen LogP contribution in [-0.2, 0) is 4.79 Å². The second kappa shape index (κ2) is 6.96. The Morgan fingerprint density at radius 1 is 1.23 bits per heavy atom. The van der Waals surface area contributed by atoms with E-state index in [0.717, 1.165) is 0 Å². The second-order valence-corrected chi connectivity index (χ2v) is 7.04. The number of nitrogens with one attached hydrogen (secondary N) is 1. The van der Waals surface area contributed by atoms with Crippen LogP contribution in [0, 0.1) is 13.8 Å². The molecule has 7 heteroatoms. The Bertz CT molecular complexity index is 938. The average molecular weight is 374 g/mol. The van der Waals surface area contributed by atoms with Crippen molar-refractivity contribution in [3.8, 4) is 0 Å².